The molecule has 1 aromatic carbocycles. The minimum Gasteiger partial charge on any atom is -0.454 e. The SMILES string of the molecule is NC(=O)C1=Cc2c(ccc3c2OCO3)C(=O)CS1. The first-order valence-corrected chi connectivity index (χ1v) is 6.25. The number of thioether (sulfide) groups is 1. The van der Waals surface area contributed by atoms with Crippen LogP contribution in [-0.4, -0.2) is 24.2 Å². The number of amides is 1. The maximum absolute atomic E-state index is 12.0. The fourth-order valence-corrected chi connectivity index (χ4v) is 2.70. The van der Waals surface area contributed by atoms with Gasteiger partial charge in [0, 0.05) is 11.1 Å². The lowest BCUT2D eigenvalue weighted by atomic mass is 10.0. The van der Waals surface area contributed by atoms with Gasteiger partial charge in [-0.15, -0.1) is 11.8 Å². The molecule has 1 aromatic rings. The number of primary amides is 1. The molecule has 2 aliphatic heterocycles. The second-order valence-electron chi connectivity index (χ2n) is 3.85. The molecule has 0 radical (unpaired) electrons. The van der Waals surface area contributed by atoms with Gasteiger partial charge in [-0.1, -0.05) is 0 Å². The summed E-state index contributed by atoms with van der Waals surface area (Å²) in [6.45, 7) is 0.118. The normalized spacial score (nSPS) is 16.9. The van der Waals surface area contributed by atoms with Gasteiger partial charge >= 0.3 is 0 Å². The van der Waals surface area contributed by atoms with E-state index in [0.717, 1.165) is 11.8 Å². The quantitative estimate of drug-likeness (QED) is 0.822. The number of benzene rings is 1. The summed E-state index contributed by atoms with van der Waals surface area (Å²) in [5.41, 5.74) is 6.38. The van der Waals surface area contributed by atoms with Crippen molar-refractivity contribution in [2.45, 2.75) is 0 Å². The monoisotopic (exact) mass is 263 g/mol. The lowest BCUT2D eigenvalue weighted by Gasteiger charge is -2.05. The third kappa shape index (κ3) is 1.65. The number of rotatable bonds is 1. The standard InChI is InChI=1S/C12H9NO4S/c13-12(15)10-3-7-6(8(14)4-18-10)1-2-9-11(7)17-5-16-9/h1-3H,4-5H2,(H2,13,15). The van der Waals surface area contributed by atoms with Crippen LogP contribution >= 0.6 is 11.8 Å². The molecular formula is C12H9NO4S. The van der Waals surface area contributed by atoms with Gasteiger partial charge in [0.15, 0.2) is 17.3 Å². The summed E-state index contributed by atoms with van der Waals surface area (Å²) < 4.78 is 10.6. The van der Waals surface area contributed by atoms with Crippen molar-refractivity contribution in [1.82, 2.24) is 0 Å². The van der Waals surface area contributed by atoms with E-state index in [2.05, 4.69) is 0 Å². The van der Waals surface area contributed by atoms with E-state index in [1.807, 2.05) is 0 Å². The average Bonchev–Trinajstić information content (AvgIpc) is 2.75. The molecule has 6 heteroatoms. The number of ketones is 1. The zero-order chi connectivity index (χ0) is 12.7. The largest absolute Gasteiger partial charge is 0.454 e. The van der Waals surface area contributed by atoms with Crippen LogP contribution in [0.15, 0.2) is 17.0 Å². The van der Waals surface area contributed by atoms with Gasteiger partial charge in [0.05, 0.1) is 10.7 Å². The van der Waals surface area contributed by atoms with Crippen molar-refractivity contribution in [2.75, 3.05) is 12.5 Å². The highest BCUT2D eigenvalue weighted by Crippen LogP contribution is 2.41. The van der Waals surface area contributed by atoms with E-state index in [-0.39, 0.29) is 18.3 Å². The van der Waals surface area contributed by atoms with Crippen molar-refractivity contribution < 1.29 is 19.1 Å². The molecule has 0 unspecified atom stereocenters. The minimum atomic E-state index is -0.544. The first kappa shape index (κ1) is 11.2. The van der Waals surface area contributed by atoms with Crippen molar-refractivity contribution in [3.05, 3.63) is 28.2 Å². The van der Waals surface area contributed by atoms with E-state index in [0.29, 0.717) is 27.5 Å². The summed E-state index contributed by atoms with van der Waals surface area (Å²) in [4.78, 5) is 23.6. The summed E-state index contributed by atoms with van der Waals surface area (Å²) in [5.74, 6) is 0.676. The molecule has 2 N–H and O–H groups in total. The van der Waals surface area contributed by atoms with Gasteiger partial charge in [-0.25, -0.2) is 0 Å². The predicted molar refractivity (Wildman–Crippen MR) is 66.5 cm³/mol. The first-order chi connectivity index (χ1) is 8.66. The molecule has 0 atom stereocenters. The number of nitrogens with two attached hydrogens (primary N) is 1. The Labute approximate surface area is 107 Å². The van der Waals surface area contributed by atoms with E-state index in [4.69, 9.17) is 15.2 Å². The molecule has 0 spiro atoms. The van der Waals surface area contributed by atoms with Crippen LogP contribution in [0.1, 0.15) is 15.9 Å². The van der Waals surface area contributed by atoms with Crippen molar-refractivity contribution in [3.63, 3.8) is 0 Å². The molecule has 5 nitrogen and oxygen atoms in total. The van der Waals surface area contributed by atoms with Gasteiger partial charge < -0.3 is 15.2 Å². The number of hydrogen-bond acceptors (Lipinski definition) is 5. The second kappa shape index (κ2) is 4.06. The van der Waals surface area contributed by atoms with Crippen molar-refractivity contribution in [1.29, 1.82) is 0 Å². The number of hydrogen-bond donors (Lipinski definition) is 1. The van der Waals surface area contributed by atoms with Gasteiger partial charge in [-0.2, -0.15) is 0 Å². The molecule has 0 saturated heterocycles. The lowest BCUT2D eigenvalue weighted by Crippen LogP contribution is -2.12. The Hall–Kier alpha value is -1.95. The Balaban J connectivity index is 2.23. The first-order valence-electron chi connectivity index (χ1n) is 5.27. The summed E-state index contributed by atoms with van der Waals surface area (Å²) in [5, 5.41) is 0. The van der Waals surface area contributed by atoms with Crippen LogP contribution in [-0.2, 0) is 4.79 Å². The Morgan fingerprint density at radius 3 is 2.94 bits per heavy atom. The zero-order valence-electron chi connectivity index (χ0n) is 9.26. The van der Waals surface area contributed by atoms with E-state index in [9.17, 15) is 9.59 Å². The molecule has 92 valence electrons. The van der Waals surface area contributed by atoms with E-state index in [1.165, 1.54) is 0 Å². The Kier molecular flexibility index (Phi) is 2.52. The van der Waals surface area contributed by atoms with Crippen LogP contribution < -0.4 is 15.2 Å². The highest BCUT2D eigenvalue weighted by molar-refractivity contribution is 8.04. The number of fused-ring (bicyclic) bond motifs is 3. The number of Topliss-reactive ketones (excluding diaryl/α,β-unsaturated/α-hetero) is 1. The number of ether oxygens (including phenoxy) is 2. The summed E-state index contributed by atoms with van der Waals surface area (Å²) in [6, 6.07) is 3.39. The summed E-state index contributed by atoms with van der Waals surface area (Å²) in [7, 11) is 0. The topological polar surface area (TPSA) is 78.6 Å². The van der Waals surface area contributed by atoms with Gasteiger partial charge in [0.1, 0.15) is 0 Å². The molecular weight excluding hydrogens is 254 g/mol. The molecule has 0 aliphatic carbocycles. The molecule has 0 aromatic heterocycles. The Morgan fingerprint density at radius 1 is 1.33 bits per heavy atom. The third-order valence-electron chi connectivity index (χ3n) is 2.76. The van der Waals surface area contributed by atoms with Crippen molar-refractivity contribution >= 4 is 29.5 Å². The van der Waals surface area contributed by atoms with Crippen LogP contribution in [0.25, 0.3) is 6.08 Å². The predicted octanol–water partition coefficient (Wildman–Crippen LogP) is 1.17. The van der Waals surface area contributed by atoms with Gasteiger partial charge in [0.25, 0.3) is 5.91 Å². The fourth-order valence-electron chi connectivity index (χ4n) is 1.92. The van der Waals surface area contributed by atoms with Crippen LogP contribution in [0.2, 0.25) is 0 Å². The number of carbonyl (C=O) groups is 2. The van der Waals surface area contributed by atoms with E-state index >= 15 is 0 Å². The maximum atomic E-state index is 12.0. The molecule has 3 rings (SSSR count). The van der Waals surface area contributed by atoms with E-state index in [1.54, 1.807) is 18.2 Å². The maximum Gasteiger partial charge on any atom is 0.255 e. The molecule has 0 fully saturated rings. The van der Waals surface area contributed by atoms with Gasteiger partial charge in [-0.05, 0) is 18.2 Å². The molecule has 0 saturated carbocycles. The highest BCUT2D eigenvalue weighted by Gasteiger charge is 2.26. The Morgan fingerprint density at radius 2 is 2.17 bits per heavy atom. The smallest absolute Gasteiger partial charge is 0.255 e. The zero-order valence-corrected chi connectivity index (χ0v) is 10.1. The molecule has 1 amide bonds. The van der Waals surface area contributed by atoms with E-state index < -0.39 is 5.91 Å². The molecule has 0 bridgehead atoms. The average molecular weight is 263 g/mol. The molecule has 2 aliphatic rings. The van der Waals surface area contributed by atoms with Crippen LogP contribution in [0.5, 0.6) is 11.5 Å². The van der Waals surface area contributed by atoms with Gasteiger partial charge in [0.2, 0.25) is 6.79 Å². The van der Waals surface area contributed by atoms with Crippen molar-refractivity contribution in [2.24, 2.45) is 5.73 Å². The van der Waals surface area contributed by atoms with Gasteiger partial charge in [-0.3, -0.25) is 9.59 Å². The third-order valence-corrected chi connectivity index (χ3v) is 3.79. The second-order valence-corrected chi connectivity index (χ2v) is 4.86. The minimum absolute atomic E-state index is 0.0548. The molecule has 2 heterocycles. The highest BCUT2D eigenvalue weighted by atomic mass is 32.2. The van der Waals surface area contributed by atoms with Crippen LogP contribution in [0, 0.1) is 0 Å². The number of carbonyl (C=O) groups excluding carboxylic acids is 2. The fraction of sp³-hybridized carbons (Fsp3) is 0.167. The molecule has 18 heavy (non-hydrogen) atoms. The summed E-state index contributed by atoms with van der Waals surface area (Å²) >= 11 is 1.14. The van der Waals surface area contributed by atoms with Crippen LogP contribution in [0.4, 0.5) is 0 Å². The summed E-state index contributed by atoms with van der Waals surface area (Å²) in [6.07, 6.45) is 1.60. The lowest BCUT2D eigenvalue weighted by molar-refractivity contribution is -0.113. The Bertz CT molecular complexity index is 594. The van der Waals surface area contributed by atoms with Crippen molar-refractivity contribution in [3.8, 4) is 11.5 Å². The van der Waals surface area contributed by atoms with Crippen LogP contribution in [0.3, 0.4) is 0 Å².